The molecule has 2 aliphatic heterocycles. The third-order valence-electron chi connectivity index (χ3n) is 6.34. The van der Waals surface area contributed by atoms with Gasteiger partial charge in [-0.05, 0) is 57.7 Å². The molecule has 1 aromatic heterocycles. The van der Waals surface area contributed by atoms with E-state index in [0.717, 1.165) is 30.4 Å². The van der Waals surface area contributed by atoms with Gasteiger partial charge in [0, 0.05) is 24.2 Å². The topological polar surface area (TPSA) is 107 Å². The highest BCUT2D eigenvalue weighted by atomic mass is 16.2. The van der Waals surface area contributed by atoms with Gasteiger partial charge >= 0.3 is 0 Å². The predicted octanol–water partition coefficient (Wildman–Crippen LogP) is 3.63. The fraction of sp³-hybridized carbons (Fsp3) is 0.417. The van der Waals surface area contributed by atoms with E-state index in [4.69, 9.17) is 0 Å². The number of benzene rings is 1. The van der Waals surface area contributed by atoms with Crippen molar-refractivity contribution in [2.75, 3.05) is 15.5 Å². The lowest BCUT2D eigenvalue weighted by atomic mass is 9.92. The molecule has 0 aliphatic carbocycles. The molecule has 0 saturated carbocycles. The molecule has 0 spiro atoms. The lowest BCUT2D eigenvalue weighted by Gasteiger charge is -2.39. The quantitative estimate of drug-likeness (QED) is 0.680. The number of H-pyrrole nitrogens is 1. The molecule has 3 atom stereocenters. The van der Waals surface area contributed by atoms with Crippen LogP contribution in [0.3, 0.4) is 0 Å². The molecule has 3 N–H and O–H groups in total. The summed E-state index contributed by atoms with van der Waals surface area (Å²) in [4.78, 5) is 48.0. The number of aromatic amines is 1. The standard InChI is InChI=1S/C24H29N5O3/c1-13(2)16-8-10-17(11-9-16)25-22(31)18-12-19(30)26-21-20(18)23(32)28-24(27-21)29-14(3)6-5-7-15(29)4/h8-11,14-15,18H,1,5-7,12H2,2-4H3,(H,25,31)(H2,26,27,28,30,32)/t14-,15-,18-/m0/s1. The van der Waals surface area contributed by atoms with Crippen molar-refractivity contribution in [1.29, 1.82) is 0 Å². The molecule has 8 heteroatoms. The van der Waals surface area contributed by atoms with Gasteiger partial charge in [-0.15, -0.1) is 0 Å². The highest BCUT2D eigenvalue weighted by Gasteiger charge is 2.36. The fourth-order valence-electron chi connectivity index (χ4n) is 4.61. The second kappa shape index (κ2) is 8.61. The van der Waals surface area contributed by atoms with Gasteiger partial charge in [-0.2, -0.15) is 4.98 Å². The molecule has 2 aliphatic rings. The number of nitrogens with zero attached hydrogens (tertiary/aromatic N) is 2. The van der Waals surface area contributed by atoms with Crippen LogP contribution < -0.4 is 21.1 Å². The predicted molar refractivity (Wildman–Crippen MR) is 126 cm³/mol. The van der Waals surface area contributed by atoms with Crippen LogP contribution in [0.25, 0.3) is 5.57 Å². The van der Waals surface area contributed by atoms with Crippen LogP contribution >= 0.6 is 0 Å². The molecule has 2 amide bonds. The van der Waals surface area contributed by atoms with Gasteiger partial charge in [0.15, 0.2) is 0 Å². The number of hydrogen-bond donors (Lipinski definition) is 3. The Morgan fingerprint density at radius 2 is 1.81 bits per heavy atom. The molecule has 168 valence electrons. The summed E-state index contributed by atoms with van der Waals surface area (Å²) in [6.07, 6.45) is 3.03. The molecular weight excluding hydrogens is 406 g/mol. The summed E-state index contributed by atoms with van der Waals surface area (Å²) in [6.45, 7) is 10.0. The van der Waals surface area contributed by atoms with Gasteiger partial charge in [0.05, 0.1) is 11.5 Å². The molecule has 1 saturated heterocycles. The molecule has 3 heterocycles. The summed E-state index contributed by atoms with van der Waals surface area (Å²) in [5, 5.41) is 5.51. The van der Waals surface area contributed by atoms with Crippen LogP contribution in [0.5, 0.6) is 0 Å². The van der Waals surface area contributed by atoms with Crippen molar-refractivity contribution in [1.82, 2.24) is 9.97 Å². The van der Waals surface area contributed by atoms with Crippen molar-refractivity contribution < 1.29 is 9.59 Å². The summed E-state index contributed by atoms with van der Waals surface area (Å²) in [5.41, 5.74) is 2.28. The SMILES string of the molecule is C=C(C)c1ccc(NC(=O)[C@H]2CC(=O)Nc3nc(N4[C@@H](C)CCC[C@@H]4C)[nH]c(=O)c32)cc1. The minimum atomic E-state index is -0.916. The third kappa shape index (κ3) is 4.17. The number of amides is 2. The number of rotatable bonds is 4. The zero-order chi connectivity index (χ0) is 23.0. The molecule has 0 bridgehead atoms. The summed E-state index contributed by atoms with van der Waals surface area (Å²) in [7, 11) is 0. The molecule has 0 radical (unpaired) electrons. The van der Waals surface area contributed by atoms with E-state index in [9.17, 15) is 14.4 Å². The van der Waals surface area contributed by atoms with Crippen LogP contribution in [0, 0.1) is 0 Å². The van der Waals surface area contributed by atoms with Crippen molar-refractivity contribution in [2.45, 2.75) is 64.5 Å². The maximum Gasteiger partial charge on any atom is 0.258 e. The van der Waals surface area contributed by atoms with Crippen molar-refractivity contribution >= 4 is 34.8 Å². The molecule has 8 nitrogen and oxygen atoms in total. The van der Waals surface area contributed by atoms with E-state index >= 15 is 0 Å². The number of hydrogen-bond acceptors (Lipinski definition) is 5. The third-order valence-corrected chi connectivity index (χ3v) is 6.34. The Morgan fingerprint density at radius 1 is 1.16 bits per heavy atom. The van der Waals surface area contributed by atoms with Crippen molar-refractivity contribution in [3.05, 3.63) is 52.3 Å². The van der Waals surface area contributed by atoms with E-state index in [2.05, 4.69) is 45.9 Å². The largest absolute Gasteiger partial charge is 0.337 e. The first-order valence-electron chi connectivity index (χ1n) is 11.0. The van der Waals surface area contributed by atoms with Crippen molar-refractivity contribution in [3.8, 4) is 0 Å². The Bertz CT molecular complexity index is 1110. The first-order valence-corrected chi connectivity index (χ1v) is 11.0. The smallest absolute Gasteiger partial charge is 0.258 e. The summed E-state index contributed by atoms with van der Waals surface area (Å²) < 4.78 is 0. The van der Waals surface area contributed by atoms with Crippen LogP contribution in [-0.2, 0) is 9.59 Å². The zero-order valence-corrected chi connectivity index (χ0v) is 18.7. The average Bonchev–Trinajstić information content (AvgIpc) is 2.73. The minimum absolute atomic E-state index is 0.108. The molecule has 2 aromatic rings. The van der Waals surface area contributed by atoms with Gasteiger partial charge in [-0.25, -0.2) is 0 Å². The molecule has 32 heavy (non-hydrogen) atoms. The minimum Gasteiger partial charge on any atom is -0.337 e. The monoisotopic (exact) mass is 435 g/mol. The van der Waals surface area contributed by atoms with Crippen molar-refractivity contribution in [2.24, 2.45) is 0 Å². The maximum atomic E-state index is 13.1. The Labute approximate surface area is 187 Å². The molecule has 1 fully saturated rings. The first kappa shape index (κ1) is 21.8. The number of allylic oxidation sites excluding steroid dienone is 1. The molecule has 4 rings (SSSR count). The molecule has 1 aromatic carbocycles. The van der Waals surface area contributed by atoms with Crippen LogP contribution in [0.2, 0.25) is 0 Å². The lowest BCUT2D eigenvalue weighted by molar-refractivity contribution is -0.123. The van der Waals surface area contributed by atoms with E-state index in [1.54, 1.807) is 12.1 Å². The summed E-state index contributed by atoms with van der Waals surface area (Å²) in [5.74, 6) is -1.06. The number of fused-ring (bicyclic) bond motifs is 1. The number of piperidine rings is 1. The van der Waals surface area contributed by atoms with Gasteiger partial charge < -0.3 is 15.5 Å². The van der Waals surface area contributed by atoms with Gasteiger partial charge in [-0.1, -0.05) is 24.3 Å². The Morgan fingerprint density at radius 3 is 2.44 bits per heavy atom. The van der Waals surface area contributed by atoms with E-state index in [-0.39, 0.29) is 35.8 Å². The number of carbonyl (C=O) groups excluding carboxylic acids is 2. The van der Waals surface area contributed by atoms with Gasteiger partial charge in [-0.3, -0.25) is 19.4 Å². The van der Waals surface area contributed by atoms with Gasteiger partial charge in [0.25, 0.3) is 5.56 Å². The maximum absolute atomic E-state index is 13.1. The van der Waals surface area contributed by atoms with E-state index in [0.29, 0.717) is 11.6 Å². The van der Waals surface area contributed by atoms with E-state index in [1.807, 2.05) is 19.1 Å². The fourth-order valence-corrected chi connectivity index (χ4v) is 4.61. The van der Waals surface area contributed by atoms with Crippen LogP contribution in [0.15, 0.2) is 35.6 Å². The Kier molecular flexibility index (Phi) is 5.86. The Hall–Kier alpha value is -3.42. The second-order valence-corrected chi connectivity index (χ2v) is 8.84. The van der Waals surface area contributed by atoms with E-state index < -0.39 is 17.4 Å². The molecular formula is C24H29N5O3. The highest BCUT2D eigenvalue weighted by Crippen LogP contribution is 2.32. The van der Waals surface area contributed by atoms with E-state index in [1.165, 1.54) is 0 Å². The number of aromatic nitrogens is 2. The summed E-state index contributed by atoms with van der Waals surface area (Å²) in [6, 6.07) is 7.72. The van der Waals surface area contributed by atoms with Gasteiger partial charge in [0.2, 0.25) is 17.8 Å². The number of nitrogens with one attached hydrogen (secondary N) is 3. The van der Waals surface area contributed by atoms with Crippen LogP contribution in [-0.4, -0.2) is 33.9 Å². The molecule has 0 unspecified atom stereocenters. The van der Waals surface area contributed by atoms with Crippen LogP contribution in [0.1, 0.15) is 63.5 Å². The lowest BCUT2D eigenvalue weighted by Crippen LogP contribution is -2.46. The normalized spacial score (nSPS) is 22.7. The van der Waals surface area contributed by atoms with Crippen molar-refractivity contribution in [3.63, 3.8) is 0 Å². The first-order chi connectivity index (χ1) is 15.2. The number of carbonyl (C=O) groups is 2. The second-order valence-electron chi connectivity index (χ2n) is 8.84. The van der Waals surface area contributed by atoms with Crippen LogP contribution in [0.4, 0.5) is 17.5 Å². The summed E-state index contributed by atoms with van der Waals surface area (Å²) >= 11 is 0. The van der Waals surface area contributed by atoms with Gasteiger partial charge in [0.1, 0.15) is 5.82 Å². The Balaban J connectivity index is 1.64. The zero-order valence-electron chi connectivity index (χ0n) is 18.7. The average molecular weight is 436 g/mol. The number of anilines is 3. The highest BCUT2D eigenvalue weighted by molar-refractivity contribution is 6.04.